The Morgan fingerprint density at radius 1 is 1.24 bits per heavy atom. The van der Waals surface area contributed by atoms with Crippen molar-refractivity contribution in [2.75, 3.05) is 0 Å². The lowest BCUT2D eigenvalue weighted by molar-refractivity contribution is 1.06. The van der Waals surface area contributed by atoms with Crippen LogP contribution < -0.4 is 0 Å². The van der Waals surface area contributed by atoms with E-state index in [0.717, 1.165) is 21.2 Å². The van der Waals surface area contributed by atoms with Crippen LogP contribution in [0.15, 0.2) is 47.2 Å². The maximum atomic E-state index is 5.35. The van der Waals surface area contributed by atoms with Crippen LogP contribution in [0.3, 0.4) is 0 Å². The van der Waals surface area contributed by atoms with E-state index < -0.39 is 0 Å². The fourth-order valence-corrected chi connectivity index (χ4v) is 2.60. The zero-order valence-electron chi connectivity index (χ0n) is 8.72. The number of nitrogens with zero attached hydrogens (tertiary/aromatic N) is 2. The van der Waals surface area contributed by atoms with Gasteiger partial charge in [0.1, 0.15) is 0 Å². The number of aromatic nitrogens is 3. The quantitative estimate of drug-likeness (QED) is 0.693. The molecule has 0 spiro atoms. The zero-order valence-corrected chi connectivity index (χ0v) is 11.1. The van der Waals surface area contributed by atoms with Crippen LogP contribution in [0, 0.1) is 4.77 Å². The Balaban J connectivity index is 2.42. The van der Waals surface area contributed by atoms with Crippen LogP contribution in [0.4, 0.5) is 0 Å². The maximum absolute atomic E-state index is 5.35. The molecule has 0 unspecified atom stereocenters. The van der Waals surface area contributed by atoms with Gasteiger partial charge >= 0.3 is 0 Å². The van der Waals surface area contributed by atoms with Crippen molar-refractivity contribution in [2.45, 2.75) is 0 Å². The van der Waals surface area contributed by atoms with Crippen LogP contribution in [0.5, 0.6) is 0 Å². The van der Waals surface area contributed by atoms with E-state index in [1.165, 1.54) is 0 Å². The predicted molar refractivity (Wildman–Crippen MR) is 74.0 cm³/mol. The molecule has 0 aliphatic heterocycles. The zero-order chi connectivity index (χ0) is 11.8. The summed E-state index contributed by atoms with van der Waals surface area (Å²) in [7, 11) is 0. The number of H-pyrrole nitrogens is 1. The number of aromatic amines is 1. The number of nitrogens with one attached hydrogen (secondary N) is 1. The van der Waals surface area contributed by atoms with Crippen LogP contribution in [0.25, 0.3) is 16.7 Å². The molecule has 0 fully saturated rings. The van der Waals surface area contributed by atoms with Crippen LogP contribution in [0.1, 0.15) is 0 Å². The SMILES string of the molecule is S=c1[nH]c2cnccc2n1-c1ccccc1Br. The maximum Gasteiger partial charge on any atom is 0.182 e. The van der Waals surface area contributed by atoms with E-state index >= 15 is 0 Å². The molecule has 0 saturated carbocycles. The second-order valence-corrected chi connectivity index (χ2v) is 4.85. The van der Waals surface area contributed by atoms with E-state index in [9.17, 15) is 0 Å². The minimum atomic E-state index is 0.667. The first-order valence-electron chi connectivity index (χ1n) is 5.07. The van der Waals surface area contributed by atoms with Crippen LogP contribution in [0.2, 0.25) is 0 Å². The van der Waals surface area contributed by atoms with E-state index in [1.807, 2.05) is 34.9 Å². The highest BCUT2D eigenvalue weighted by Crippen LogP contribution is 2.24. The van der Waals surface area contributed by atoms with E-state index in [2.05, 4.69) is 25.9 Å². The van der Waals surface area contributed by atoms with Gasteiger partial charge in [0, 0.05) is 10.7 Å². The molecule has 0 atom stereocenters. The molecule has 84 valence electrons. The molecule has 3 aromatic rings. The summed E-state index contributed by atoms with van der Waals surface area (Å²) in [5, 5.41) is 0. The predicted octanol–water partition coefficient (Wildman–Crippen LogP) is 3.85. The normalized spacial score (nSPS) is 10.9. The molecule has 0 amide bonds. The standard InChI is InChI=1S/C12H8BrN3S/c13-8-3-1-2-4-10(8)16-11-5-6-14-7-9(11)15-12(16)17/h1-7H,(H,15,17). The molecule has 2 heterocycles. The molecule has 3 nitrogen and oxygen atoms in total. The molecule has 0 aliphatic carbocycles. The first-order valence-corrected chi connectivity index (χ1v) is 6.27. The summed E-state index contributed by atoms with van der Waals surface area (Å²) in [5.74, 6) is 0. The number of imidazole rings is 1. The number of para-hydroxylation sites is 1. The molecule has 1 N–H and O–H groups in total. The van der Waals surface area contributed by atoms with E-state index in [4.69, 9.17) is 12.2 Å². The van der Waals surface area contributed by atoms with Gasteiger partial charge in [0.2, 0.25) is 0 Å². The van der Waals surface area contributed by atoms with Gasteiger partial charge < -0.3 is 4.98 Å². The summed E-state index contributed by atoms with van der Waals surface area (Å²) in [5.41, 5.74) is 2.99. The lowest BCUT2D eigenvalue weighted by Gasteiger charge is -2.06. The number of pyridine rings is 1. The fourth-order valence-electron chi connectivity index (χ4n) is 1.83. The third-order valence-corrected chi connectivity index (χ3v) is 3.53. The van der Waals surface area contributed by atoms with Crippen LogP contribution in [-0.2, 0) is 0 Å². The highest BCUT2D eigenvalue weighted by atomic mass is 79.9. The van der Waals surface area contributed by atoms with Crippen LogP contribution in [-0.4, -0.2) is 14.5 Å². The summed E-state index contributed by atoms with van der Waals surface area (Å²) in [6, 6.07) is 9.93. The van der Waals surface area contributed by atoms with Gasteiger partial charge in [-0.25, -0.2) is 0 Å². The summed E-state index contributed by atoms with van der Waals surface area (Å²) >= 11 is 8.89. The third-order valence-electron chi connectivity index (χ3n) is 2.58. The first kappa shape index (κ1) is 10.7. The smallest absolute Gasteiger partial charge is 0.182 e. The van der Waals surface area contributed by atoms with Crippen molar-refractivity contribution >= 4 is 39.2 Å². The minimum absolute atomic E-state index is 0.667. The number of hydrogen-bond donors (Lipinski definition) is 1. The van der Waals surface area contributed by atoms with Crippen LogP contribution >= 0.6 is 28.1 Å². The highest BCUT2D eigenvalue weighted by Gasteiger charge is 2.08. The number of rotatable bonds is 1. The van der Waals surface area contributed by atoms with Crippen molar-refractivity contribution in [3.05, 3.63) is 52.0 Å². The van der Waals surface area contributed by atoms with Gasteiger partial charge in [0.15, 0.2) is 4.77 Å². The summed E-state index contributed by atoms with van der Waals surface area (Å²) < 4.78 is 3.67. The molecular weight excluding hydrogens is 298 g/mol. The van der Waals surface area contributed by atoms with Gasteiger partial charge in [-0.2, -0.15) is 0 Å². The second-order valence-electron chi connectivity index (χ2n) is 3.61. The Morgan fingerprint density at radius 3 is 2.88 bits per heavy atom. The summed E-state index contributed by atoms with van der Waals surface area (Å²) in [4.78, 5) is 7.23. The molecule has 1 aromatic carbocycles. The third kappa shape index (κ3) is 1.71. The highest BCUT2D eigenvalue weighted by molar-refractivity contribution is 9.10. The van der Waals surface area contributed by atoms with Gasteiger partial charge in [0.05, 0.1) is 22.9 Å². The van der Waals surface area contributed by atoms with Crippen molar-refractivity contribution in [1.29, 1.82) is 0 Å². The van der Waals surface area contributed by atoms with Gasteiger partial charge in [-0.1, -0.05) is 12.1 Å². The number of halogens is 1. The molecule has 5 heteroatoms. The fraction of sp³-hybridized carbons (Fsp3) is 0. The van der Waals surface area contributed by atoms with Gasteiger partial charge in [-0.3, -0.25) is 9.55 Å². The molecule has 0 bridgehead atoms. The molecule has 0 saturated heterocycles. The topological polar surface area (TPSA) is 33.6 Å². The Bertz CT molecular complexity index is 745. The van der Waals surface area contributed by atoms with Gasteiger partial charge in [0.25, 0.3) is 0 Å². The van der Waals surface area contributed by atoms with Crippen molar-refractivity contribution in [1.82, 2.24) is 14.5 Å². The lowest BCUT2D eigenvalue weighted by Crippen LogP contribution is -1.94. The monoisotopic (exact) mass is 305 g/mol. The molecule has 2 aromatic heterocycles. The summed E-state index contributed by atoms with van der Waals surface area (Å²) in [6.07, 6.45) is 3.54. The number of fused-ring (bicyclic) bond motifs is 1. The first-order chi connectivity index (χ1) is 8.27. The van der Waals surface area contributed by atoms with Crippen molar-refractivity contribution in [3.63, 3.8) is 0 Å². The largest absolute Gasteiger partial charge is 0.329 e. The second kappa shape index (κ2) is 4.09. The molecule has 0 aliphatic rings. The Hall–Kier alpha value is -1.46. The lowest BCUT2D eigenvalue weighted by atomic mass is 10.3. The van der Waals surface area contributed by atoms with E-state index in [0.29, 0.717) is 4.77 Å². The number of benzene rings is 1. The molecule has 17 heavy (non-hydrogen) atoms. The average Bonchev–Trinajstić information content (AvgIpc) is 2.66. The molecule has 3 rings (SSSR count). The van der Waals surface area contributed by atoms with Gasteiger partial charge in [-0.05, 0) is 46.3 Å². The average molecular weight is 306 g/mol. The van der Waals surface area contributed by atoms with Crippen molar-refractivity contribution in [2.24, 2.45) is 0 Å². The Morgan fingerprint density at radius 2 is 2.06 bits per heavy atom. The Labute approximate surface area is 111 Å². The Kier molecular flexibility index (Phi) is 2.57. The van der Waals surface area contributed by atoms with Crippen molar-refractivity contribution < 1.29 is 0 Å². The van der Waals surface area contributed by atoms with Gasteiger partial charge in [-0.15, -0.1) is 0 Å². The summed E-state index contributed by atoms with van der Waals surface area (Å²) in [6.45, 7) is 0. The van der Waals surface area contributed by atoms with E-state index in [-0.39, 0.29) is 0 Å². The number of hydrogen-bond acceptors (Lipinski definition) is 2. The van der Waals surface area contributed by atoms with Crippen molar-refractivity contribution in [3.8, 4) is 5.69 Å². The van der Waals surface area contributed by atoms with E-state index in [1.54, 1.807) is 12.4 Å². The molecule has 0 radical (unpaired) electrons. The minimum Gasteiger partial charge on any atom is -0.329 e. The molecular formula is C12H8BrN3S.